The molecular formula is C19H12ClFN2OS. The monoisotopic (exact) mass is 370 g/mol. The van der Waals surface area contributed by atoms with E-state index in [2.05, 4.69) is 11.1 Å². The van der Waals surface area contributed by atoms with Crippen LogP contribution in [0.3, 0.4) is 0 Å². The number of nitriles is 1. The van der Waals surface area contributed by atoms with Crippen LogP contribution < -0.4 is 0 Å². The number of ketones is 1. The Labute approximate surface area is 153 Å². The van der Waals surface area contributed by atoms with Gasteiger partial charge < -0.3 is 0 Å². The fourth-order valence-corrected chi connectivity index (χ4v) is 4.10. The van der Waals surface area contributed by atoms with E-state index in [1.165, 1.54) is 19.2 Å². The summed E-state index contributed by atoms with van der Waals surface area (Å²) in [5, 5.41) is 10.2. The van der Waals surface area contributed by atoms with Gasteiger partial charge in [0.2, 0.25) is 5.95 Å². The zero-order valence-corrected chi connectivity index (χ0v) is 15.0. The van der Waals surface area contributed by atoms with Crippen LogP contribution in [0.15, 0.2) is 36.5 Å². The van der Waals surface area contributed by atoms with E-state index in [1.54, 1.807) is 18.2 Å². The molecule has 3 aromatic rings. The first kappa shape index (κ1) is 17.3. The van der Waals surface area contributed by atoms with Gasteiger partial charge in [-0.05, 0) is 37.1 Å². The number of Topliss-reactive ketones (excluding diaryl/α,β-unsaturated/α-hetero) is 1. The van der Waals surface area contributed by atoms with E-state index in [-0.39, 0.29) is 5.78 Å². The van der Waals surface area contributed by atoms with Crippen LogP contribution in [0.5, 0.6) is 0 Å². The molecule has 0 fully saturated rings. The van der Waals surface area contributed by atoms with Crippen molar-refractivity contribution in [3.05, 3.63) is 63.5 Å². The summed E-state index contributed by atoms with van der Waals surface area (Å²) >= 11 is 7.53. The Morgan fingerprint density at radius 3 is 2.68 bits per heavy atom. The van der Waals surface area contributed by atoms with Gasteiger partial charge in [-0.2, -0.15) is 9.65 Å². The van der Waals surface area contributed by atoms with Crippen LogP contribution in [-0.2, 0) is 0 Å². The van der Waals surface area contributed by atoms with Crippen molar-refractivity contribution < 1.29 is 9.18 Å². The second-order valence-corrected chi connectivity index (χ2v) is 6.96. The highest BCUT2D eigenvalue weighted by molar-refractivity contribution is 7.18. The van der Waals surface area contributed by atoms with Gasteiger partial charge >= 0.3 is 0 Å². The standard InChI is InChI=1S/C19H12ClFN2OS/c1-10-3-4-13(15(20)7-10)17-14(9-22)19(25-18(17)11(2)24)12-5-6-23-16(21)8-12/h3-8H,1-2H3. The summed E-state index contributed by atoms with van der Waals surface area (Å²) in [5.74, 6) is -0.817. The van der Waals surface area contributed by atoms with Crippen molar-refractivity contribution in [1.82, 2.24) is 4.98 Å². The van der Waals surface area contributed by atoms with Crippen LogP contribution >= 0.6 is 22.9 Å². The van der Waals surface area contributed by atoms with Crippen molar-refractivity contribution in [2.45, 2.75) is 13.8 Å². The lowest BCUT2D eigenvalue weighted by molar-refractivity contribution is 0.102. The van der Waals surface area contributed by atoms with E-state index >= 15 is 0 Å². The van der Waals surface area contributed by atoms with Gasteiger partial charge in [-0.15, -0.1) is 11.3 Å². The second kappa shape index (κ2) is 6.75. The second-order valence-electron chi connectivity index (χ2n) is 5.53. The van der Waals surface area contributed by atoms with Gasteiger partial charge in [0, 0.05) is 28.4 Å². The largest absolute Gasteiger partial charge is 0.294 e. The molecule has 0 N–H and O–H groups in total. The normalized spacial score (nSPS) is 10.5. The average Bonchev–Trinajstić information content (AvgIpc) is 2.94. The molecule has 0 radical (unpaired) electrons. The first-order valence-corrected chi connectivity index (χ1v) is 8.58. The van der Waals surface area contributed by atoms with Crippen molar-refractivity contribution in [1.29, 1.82) is 5.26 Å². The third kappa shape index (κ3) is 3.19. The summed E-state index contributed by atoms with van der Waals surface area (Å²) in [6.45, 7) is 3.35. The number of hydrogen-bond acceptors (Lipinski definition) is 4. The smallest absolute Gasteiger partial charge is 0.213 e. The number of rotatable bonds is 3. The molecule has 0 amide bonds. The van der Waals surface area contributed by atoms with Crippen molar-refractivity contribution in [2.75, 3.05) is 0 Å². The number of pyridine rings is 1. The van der Waals surface area contributed by atoms with Crippen molar-refractivity contribution in [2.24, 2.45) is 0 Å². The number of aromatic nitrogens is 1. The number of carbonyl (C=O) groups excluding carboxylic acids is 1. The van der Waals surface area contributed by atoms with Crippen LogP contribution in [0.4, 0.5) is 4.39 Å². The lowest BCUT2D eigenvalue weighted by Gasteiger charge is -2.07. The van der Waals surface area contributed by atoms with E-state index in [4.69, 9.17) is 11.6 Å². The summed E-state index contributed by atoms with van der Waals surface area (Å²) in [7, 11) is 0. The van der Waals surface area contributed by atoms with E-state index in [0.717, 1.165) is 16.9 Å². The van der Waals surface area contributed by atoms with Gasteiger partial charge in [0.1, 0.15) is 6.07 Å². The van der Waals surface area contributed by atoms with Crippen molar-refractivity contribution in [3.8, 4) is 27.6 Å². The molecule has 0 bridgehead atoms. The number of aryl methyl sites for hydroxylation is 1. The molecule has 0 aliphatic heterocycles. The van der Waals surface area contributed by atoms with Gasteiger partial charge in [-0.25, -0.2) is 4.98 Å². The lowest BCUT2D eigenvalue weighted by atomic mass is 9.97. The molecule has 1 aromatic carbocycles. The Balaban J connectivity index is 2.35. The molecule has 0 saturated heterocycles. The molecule has 25 heavy (non-hydrogen) atoms. The Morgan fingerprint density at radius 2 is 2.08 bits per heavy atom. The molecule has 0 aliphatic rings. The summed E-state index contributed by atoms with van der Waals surface area (Å²) in [5.41, 5.74) is 2.91. The van der Waals surface area contributed by atoms with Crippen molar-refractivity contribution in [3.63, 3.8) is 0 Å². The fraction of sp³-hybridized carbons (Fsp3) is 0.105. The zero-order chi connectivity index (χ0) is 18.1. The minimum Gasteiger partial charge on any atom is -0.294 e. The number of nitrogens with zero attached hydrogens (tertiary/aromatic N) is 2. The number of hydrogen-bond donors (Lipinski definition) is 0. The van der Waals surface area contributed by atoms with E-state index in [9.17, 15) is 14.4 Å². The minimum absolute atomic E-state index is 0.172. The highest BCUT2D eigenvalue weighted by atomic mass is 35.5. The van der Waals surface area contributed by atoms with Crippen LogP contribution in [-0.4, -0.2) is 10.8 Å². The molecular weight excluding hydrogens is 359 g/mol. The van der Waals surface area contributed by atoms with Gasteiger partial charge in [-0.1, -0.05) is 23.7 Å². The van der Waals surface area contributed by atoms with Crippen LogP contribution in [0, 0.1) is 24.2 Å². The van der Waals surface area contributed by atoms with E-state index in [0.29, 0.717) is 37.0 Å². The summed E-state index contributed by atoms with van der Waals surface area (Å²) < 4.78 is 13.5. The molecule has 0 aliphatic carbocycles. The molecule has 3 rings (SSSR count). The average molecular weight is 371 g/mol. The Hall–Kier alpha value is -2.55. The maximum Gasteiger partial charge on any atom is 0.213 e. The van der Waals surface area contributed by atoms with Crippen LogP contribution in [0.2, 0.25) is 5.02 Å². The molecule has 0 spiro atoms. The molecule has 124 valence electrons. The summed E-state index contributed by atoms with van der Waals surface area (Å²) in [6, 6.07) is 10.5. The van der Waals surface area contributed by atoms with Gasteiger partial charge in [0.05, 0.1) is 15.3 Å². The predicted molar refractivity (Wildman–Crippen MR) is 97.4 cm³/mol. The maximum absolute atomic E-state index is 13.5. The van der Waals surface area contributed by atoms with E-state index < -0.39 is 5.95 Å². The number of benzene rings is 1. The Morgan fingerprint density at radius 1 is 1.32 bits per heavy atom. The number of halogens is 2. The highest BCUT2D eigenvalue weighted by Crippen LogP contribution is 2.44. The third-order valence-corrected chi connectivity index (χ3v) is 5.37. The first-order chi connectivity index (χ1) is 11.9. The SMILES string of the molecule is CC(=O)c1sc(-c2ccnc(F)c2)c(C#N)c1-c1ccc(C)cc1Cl. The zero-order valence-electron chi connectivity index (χ0n) is 13.4. The van der Waals surface area contributed by atoms with Gasteiger partial charge in [0.15, 0.2) is 5.78 Å². The van der Waals surface area contributed by atoms with Gasteiger partial charge in [0.25, 0.3) is 0 Å². The van der Waals surface area contributed by atoms with E-state index in [1.807, 2.05) is 13.0 Å². The molecule has 3 nitrogen and oxygen atoms in total. The molecule has 0 saturated carbocycles. The molecule has 2 aromatic heterocycles. The quantitative estimate of drug-likeness (QED) is 0.442. The molecule has 0 atom stereocenters. The maximum atomic E-state index is 13.5. The first-order valence-electron chi connectivity index (χ1n) is 7.38. The summed E-state index contributed by atoms with van der Waals surface area (Å²) in [4.78, 5) is 16.7. The van der Waals surface area contributed by atoms with Gasteiger partial charge in [-0.3, -0.25) is 4.79 Å². The molecule has 2 heterocycles. The topological polar surface area (TPSA) is 53.8 Å². The van der Waals surface area contributed by atoms with Crippen LogP contribution in [0.25, 0.3) is 21.6 Å². The van der Waals surface area contributed by atoms with Crippen LogP contribution in [0.1, 0.15) is 27.7 Å². The third-order valence-electron chi connectivity index (χ3n) is 3.72. The number of carbonyl (C=O) groups is 1. The fourth-order valence-electron chi connectivity index (χ4n) is 2.61. The lowest BCUT2D eigenvalue weighted by Crippen LogP contribution is -1.93. The highest BCUT2D eigenvalue weighted by Gasteiger charge is 2.24. The molecule has 6 heteroatoms. The Kier molecular flexibility index (Phi) is 4.67. The Bertz CT molecular complexity index is 1040. The number of thiophene rings is 1. The minimum atomic E-state index is -0.644. The summed E-state index contributed by atoms with van der Waals surface area (Å²) in [6.07, 6.45) is 1.33. The predicted octanol–water partition coefficient (Wildman–Crippen LogP) is 5.65. The van der Waals surface area contributed by atoms with Crippen molar-refractivity contribution >= 4 is 28.7 Å². The molecule has 0 unspecified atom stereocenters.